The smallest absolute Gasteiger partial charge is 0.346 e. The molecule has 1 N–H and O–H groups in total. The van der Waals surface area contributed by atoms with Gasteiger partial charge < -0.3 is 20.0 Å². The van der Waals surface area contributed by atoms with E-state index in [-0.39, 0.29) is 34.8 Å². The predicted octanol–water partition coefficient (Wildman–Crippen LogP) is 6.46. The Bertz CT molecular complexity index is 1620. The van der Waals surface area contributed by atoms with E-state index in [1.165, 1.54) is 18.0 Å². The van der Waals surface area contributed by atoms with E-state index in [0.717, 1.165) is 18.2 Å². The maximum atomic E-state index is 14.0. The summed E-state index contributed by atoms with van der Waals surface area (Å²) < 4.78 is 41.0. The summed E-state index contributed by atoms with van der Waals surface area (Å²) in [7, 11) is 2.61. The van der Waals surface area contributed by atoms with E-state index >= 15 is 0 Å². The quantitative estimate of drug-likeness (QED) is 0.292. The summed E-state index contributed by atoms with van der Waals surface area (Å²) >= 11 is 12.7. The average Bonchev–Trinajstić information content (AvgIpc) is 3.04. The lowest BCUT2D eigenvalue weighted by molar-refractivity contribution is -0.185. The molecule has 1 fully saturated rings. The van der Waals surface area contributed by atoms with Crippen LogP contribution in [0.5, 0.6) is 0 Å². The fraction of sp³-hybridized carbons (Fsp3) is 0.382. The third kappa shape index (κ3) is 7.56. The Kier molecular flexibility index (Phi) is 11.2. The first-order chi connectivity index (χ1) is 21.8. The van der Waals surface area contributed by atoms with Crippen LogP contribution in [0, 0.1) is 0 Å². The average molecular weight is 712 g/mol. The van der Waals surface area contributed by atoms with Crippen LogP contribution >= 0.6 is 35.6 Å². The number of likely N-dealkylation sites (N-methyl/N-ethyl adjacent to an activating group) is 2. The minimum atomic E-state index is -5.11. The molecule has 0 unspecified atom stereocenters. The standard InChI is InChI=1S/C34H35Cl2F3N4O3.ClH/c1-41(31(46)34(37,38)39)22-33(25-12-13-27(35)28(36)21-25,42(2)30(45)23-8-4-3-5-9-23)16-19-43-17-14-32(15-18-43)26-11-7-6-10-24(26)20-29(44)40-32;/h3-13,21H,14-20,22H2,1-2H3,(H,40,44);1H/t33-;/m1./s1. The zero-order valence-corrected chi connectivity index (χ0v) is 28.3. The Morgan fingerprint density at radius 1 is 0.936 bits per heavy atom. The number of fused-ring (bicyclic) bond motifs is 2. The largest absolute Gasteiger partial charge is 0.471 e. The molecule has 0 aliphatic carbocycles. The van der Waals surface area contributed by atoms with Crippen LogP contribution in [-0.2, 0) is 27.1 Å². The summed E-state index contributed by atoms with van der Waals surface area (Å²) in [5.41, 5.74) is 0.972. The number of rotatable bonds is 8. The van der Waals surface area contributed by atoms with Crippen molar-refractivity contribution in [3.63, 3.8) is 0 Å². The lowest BCUT2D eigenvalue weighted by atomic mass is 9.75. The van der Waals surface area contributed by atoms with Gasteiger partial charge in [0.1, 0.15) is 0 Å². The molecule has 1 spiro atoms. The Morgan fingerprint density at radius 2 is 1.57 bits per heavy atom. The molecule has 1 saturated heterocycles. The molecular formula is C34H36Cl3F3N4O3. The summed E-state index contributed by atoms with van der Waals surface area (Å²) in [4.78, 5) is 43.2. The molecule has 3 amide bonds. The minimum absolute atomic E-state index is 0. The van der Waals surface area contributed by atoms with Crippen molar-refractivity contribution in [3.8, 4) is 0 Å². The van der Waals surface area contributed by atoms with Gasteiger partial charge in [-0.3, -0.25) is 14.4 Å². The van der Waals surface area contributed by atoms with E-state index in [9.17, 15) is 27.6 Å². The number of hydrogen-bond donors (Lipinski definition) is 1. The SMILES string of the molecule is CN(C[C@](CCN1CCC2(CC1)NC(=O)Cc1ccccc12)(c1ccc(Cl)c(Cl)c1)N(C)C(=O)c1ccccc1)C(=O)C(F)(F)F.Cl. The molecule has 0 saturated carbocycles. The molecular weight excluding hydrogens is 676 g/mol. The van der Waals surface area contributed by atoms with Crippen molar-refractivity contribution >= 4 is 53.3 Å². The van der Waals surface area contributed by atoms with E-state index in [1.54, 1.807) is 42.5 Å². The van der Waals surface area contributed by atoms with Crippen molar-refractivity contribution in [1.82, 2.24) is 20.0 Å². The van der Waals surface area contributed by atoms with Gasteiger partial charge in [-0.2, -0.15) is 13.2 Å². The van der Waals surface area contributed by atoms with Gasteiger partial charge in [0, 0.05) is 45.8 Å². The fourth-order valence-corrected chi connectivity index (χ4v) is 7.10. The van der Waals surface area contributed by atoms with Crippen molar-refractivity contribution in [1.29, 1.82) is 0 Å². The Labute approximate surface area is 288 Å². The summed E-state index contributed by atoms with van der Waals surface area (Å²) in [5, 5.41) is 3.64. The zero-order valence-electron chi connectivity index (χ0n) is 25.9. The normalized spacial score (nSPS) is 17.1. The third-order valence-corrected chi connectivity index (χ3v) is 10.1. The highest BCUT2D eigenvalue weighted by molar-refractivity contribution is 6.42. The van der Waals surface area contributed by atoms with Gasteiger partial charge in [0.05, 0.1) is 27.5 Å². The van der Waals surface area contributed by atoms with E-state index in [2.05, 4.69) is 16.3 Å². The molecule has 0 bridgehead atoms. The van der Waals surface area contributed by atoms with Crippen molar-refractivity contribution in [2.45, 2.75) is 42.9 Å². The Hall–Kier alpha value is -3.31. The lowest BCUT2D eigenvalue weighted by Crippen LogP contribution is -2.58. The third-order valence-electron chi connectivity index (χ3n) is 9.33. The molecule has 0 aromatic heterocycles. The molecule has 2 aliphatic rings. The number of piperidine rings is 1. The van der Waals surface area contributed by atoms with Crippen LogP contribution in [0.1, 0.15) is 46.3 Å². The summed E-state index contributed by atoms with van der Waals surface area (Å²) in [6, 6.07) is 21.1. The van der Waals surface area contributed by atoms with Gasteiger partial charge in [-0.25, -0.2) is 0 Å². The zero-order chi connectivity index (χ0) is 33.3. The molecule has 1 atom stereocenters. The molecule has 2 heterocycles. The second kappa shape index (κ2) is 14.4. The molecule has 252 valence electrons. The summed E-state index contributed by atoms with van der Waals surface area (Å²) in [6.45, 7) is 1.12. The number of nitrogens with zero attached hydrogens (tertiary/aromatic N) is 3. The Morgan fingerprint density at radius 3 is 2.21 bits per heavy atom. The number of carbonyl (C=O) groups excluding carboxylic acids is 3. The minimum Gasteiger partial charge on any atom is -0.346 e. The monoisotopic (exact) mass is 710 g/mol. The van der Waals surface area contributed by atoms with Crippen molar-refractivity contribution in [2.75, 3.05) is 40.3 Å². The fourth-order valence-electron chi connectivity index (χ4n) is 6.81. The number of likely N-dealkylation sites (tertiary alicyclic amines) is 1. The first kappa shape index (κ1) is 36.5. The van der Waals surface area contributed by atoms with Crippen molar-refractivity contribution in [3.05, 3.63) is 105 Å². The molecule has 3 aromatic rings. The molecule has 7 nitrogen and oxygen atoms in total. The molecule has 47 heavy (non-hydrogen) atoms. The molecule has 5 rings (SSSR count). The van der Waals surface area contributed by atoms with Crippen LogP contribution in [-0.4, -0.2) is 78.9 Å². The number of amides is 3. The highest BCUT2D eigenvalue weighted by Crippen LogP contribution is 2.40. The van der Waals surface area contributed by atoms with Crippen LogP contribution in [0.25, 0.3) is 0 Å². The van der Waals surface area contributed by atoms with Gasteiger partial charge in [0.2, 0.25) is 5.91 Å². The van der Waals surface area contributed by atoms with Crippen LogP contribution in [0.3, 0.4) is 0 Å². The van der Waals surface area contributed by atoms with Crippen molar-refractivity contribution in [2.24, 2.45) is 0 Å². The first-order valence-electron chi connectivity index (χ1n) is 15.0. The van der Waals surface area contributed by atoms with E-state index in [1.807, 2.05) is 18.2 Å². The number of benzene rings is 3. The number of alkyl halides is 3. The molecule has 2 aliphatic heterocycles. The lowest BCUT2D eigenvalue weighted by Gasteiger charge is -2.48. The van der Waals surface area contributed by atoms with Crippen LogP contribution in [0.4, 0.5) is 13.2 Å². The predicted molar refractivity (Wildman–Crippen MR) is 178 cm³/mol. The maximum absolute atomic E-state index is 14.0. The number of carbonyl (C=O) groups is 3. The van der Waals surface area contributed by atoms with E-state index in [0.29, 0.717) is 54.9 Å². The maximum Gasteiger partial charge on any atom is 0.471 e. The number of hydrogen-bond acceptors (Lipinski definition) is 4. The number of nitrogens with one attached hydrogen (secondary N) is 1. The van der Waals surface area contributed by atoms with Gasteiger partial charge in [-0.15, -0.1) is 12.4 Å². The van der Waals surface area contributed by atoms with Gasteiger partial charge in [-0.05, 0) is 60.2 Å². The second-order valence-electron chi connectivity index (χ2n) is 12.1. The second-order valence-corrected chi connectivity index (χ2v) is 12.9. The molecule has 3 aromatic carbocycles. The molecule has 0 radical (unpaired) electrons. The van der Waals surface area contributed by atoms with E-state index < -0.39 is 35.6 Å². The van der Waals surface area contributed by atoms with E-state index in [4.69, 9.17) is 23.2 Å². The van der Waals surface area contributed by atoms with Gasteiger partial charge in [0.25, 0.3) is 5.91 Å². The van der Waals surface area contributed by atoms with Gasteiger partial charge >= 0.3 is 12.1 Å². The first-order valence-corrected chi connectivity index (χ1v) is 15.7. The van der Waals surface area contributed by atoms with Crippen LogP contribution in [0.2, 0.25) is 10.0 Å². The summed E-state index contributed by atoms with van der Waals surface area (Å²) in [5.74, 6) is -2.48. The van der Waals surface area contributed by atoms with Gasteiger partial charge in [-0.1, -0.05) is 71.7 Å². The highest BCUT2D eigenvalue weighted by atomic mass is 35.5. The van der Waals surface area contributed by atoms with Gasteiger partial charge in [0.15, 0.2) is 0 Å². The Balaban J connectivity index is 0.00000500. The van der Waals surface area contributed by atoms with Crippen molar-refractivity contribution < 1.29 is 27.6 Å². The summed E-state index contributed by atoms with van der Waals surface area (Å²) in [6.07, 6.45) is -3.32. The van der Waals surface area contributed by atoms with Crippen LogP contribution < -0.4 is 5.32 Å². The highest BCUT2D eigenvalue weighted by Gasteiger charge is 2.48. The number of halogens is 6. The topological polar surface area (TPSA) is 73.0 Å². The van der Waals surface area contributed by atoms with Crippen LogP contribution in [0.15, 0.2) is 72.8 Å². The molecule has 13 heteroatoms.